The van der Waals surface area contributed by atoms with Crippen LogP contribution in [0, 0.1) is 0 Å². The number of hydrogen-bond donors (Lipinski definition) is 1. The highest BCUT2D eigenvalue weighted by Gasteiger charge is 2.05. The van der Waals surface area contributed by atoms with Crippen molar-refractivity contribution in [1.82, 2.24) is 14.4 Å². The summed E-state index contributed by atoms with van der Waals surface area (Å²) in [5, 5.41) is 3.27. The summed E-state index contributed by atoms with van der Waals surface area (Å²) < 4.78 is 2.89. The molecule has 2 heterocycles. The largest absolute Gasteiger partial charge is 0.366 e. The molecule has 0 aliphatic rings. The Balaban J connectivity index is 2.26. The van der Waals surface area contributed by atoms with Gasteiger partial charge in [0.15, 0.2) is 11.5 Å². The Morgan fingerprint density at radius 3 is 3.20 bits per heavy atom. The number of nitrogens with zero attached hydrogens (tertiary/aromatic N) is 3. The smallest absolute Gasteiger partial charge is 0.180 e. The van der Waals surface area contributed by atoms with Crippen molar-refractivity contribution in [2.24, 2.45) is 0 Å². The molecule has 0 aliphatic carbocycles. The van der Waals surface area contributed by atoms with Crippen molar-refractivity contribution in [3.63, 3.8) is 0 Å². The maximum absolute atomic E-state index is 4.28. The predicted molar refractivity (Wildman–Crippen MR) is 67.6 cm³/mol. The first-order valence-electron chi connectivity index (χ1n) is 4.53. The molecular formula is C9H11BrN4S. The van der Waals surface area contributed by atoms with E-state index in [9.17, 15) is 0 Å². The third kappa shape index (κ3) is 2.26. The third-order valence-corrected chi connectivity index (χ3v) is 3.18. The van der Waals surface area contributed by atoms with Gasteiger partial charge in [0, 0.05) is 24.7 Å². The van der Waals surface area contributed by atoms with E-state index in [0.29, 0.717) is 0 Å². The molecule has 2 rings (SSSR count). The second kappa shape index (κ2) is 4.85. The summed E-state index contributed by atoms with van der Waals surface area (Å²) in [5.41, 5.74) is 0.852. The molecule has 15 heavy (non-hydrogen) atoms. The van der Waals surface area contributed by atoms with E-state index in [2.05, 4.69) is 37.5 Å². The van der Waals surface area contributed by atoms with Gasteiger partial charge in [0.05, 0.1) is 6.20 Å². The van der Waals surface area contributed by atoms with Gasteiger partial charge in [-0.25, -0.2) is 9.97 Å². The Kier molecular flexibility index (Phi) is 3.48. The number of fused-ring (bicyclic) bond motifs is 1. The molecule has 2 aromatic heterocycles. The van der Waals surface area contributed by atoms with Crippen molar-refractivity contribution >= 4 is 39.2 Å². The summed E-state index contributed by atoms with van der Waals surface area (Å²) in [5.74, 6) is 1.89. The van der Waals surface area contributed by atoms with Gasteiger partial charge in [0.2, 0.25) is 0 Å². The highest BCUT2D eigenvalue weighted by Crippen LogP contribution is 2.17. The highest BCUT2D eigenvalue weighted by atomic mass is 79.9. The SMILES string of the molecule is CSCCNc1nccn2c(Br)cnc12. The molecule has 6 heteroatoms. The lowest BCUT2D eigenvalue weighted by atomic mass is 10.6. The predicted octanol–water partition coefficient (Wildman–Crippen LogP) is 2.27. The molecule has 0 saturated carbocycles. The molecule has 0 aliphatic heterocycles. The minimum atomic E-state index is 0.831. The zero-order valence-corrected chi connectivity index (χ0v) is 10.7. The minimum Gasteiger partial charge on any atom is -0.366 e. The van der Waals surface area contributed by atoms with Gasteiger partial charge in [-0.1, -0.05) is 0 Å². The summed E-state index contributed by atoms with van der Waals surface area (Å²) in [6, 6.07) is 0. The van der Waals surface area contributed by atoms with Gasteiger partial charge in [-0.3, -0.25) is 4.40 Å². The van der Waals surface area contributed by atoms with Crippen LogP contribution in [0.3, 0.4) is 0 Å². The van der Waals surface area contributed by atoms with Crippen LogP contribution in [0.2, 0.25) is 0 Å². The molecule has 0 bridgehead atoms. The third-order valence-electron chi connectivity index (χ3n) is 1.98. The zero-order chi connectivity index (χ0) is 10.7. The van der Waals surface area contributed by atoms with Gasteiger partial charge >= 0.3 is 0 Å². The van der Waals surface area contributed by atoms with Gasteiger partial charge in [0.1, 0.15) is 4.60 Å². The molecular weight excluding hydrogens is 276 g/mol. The molecule has 0 aromatic carbocycles. The number of nitrogens with one attached hydrogen (secondary N) is 1. The first-order chi connectivity index (χ1) is 7.33. The summed E-state index contributed by atoms with van der Waals surface area (Å²) in [4.78, 5) is 8.55. The van der Waals surface area contributed by atoms with Crippen molar-refractivity contribution in [3.05, 3.63) is 23.2 Å². The average molecular weight is 287 g/mol. The van der Waals surface area contributed by atoms with E-state index in [1.165, 1.54) is 0 Å². The lowest BCUT2D eigenvalue weighted by Gasteiger charge is -2.05. The van der Waals surface area contributed by atoms with Gasteiger partial charge in [-0.15, -0.1) is 0 Å². The van der Waals surface area contributed by atoms with Crippen LogP contribution in [0.25, 0.3) is 5.65 Å². The molecule has 2 aromatic rings. The lowest BCUT2D eigenvalue weighted by Crippen LogP contribution is -2.07. The highest BCUT2D eigenvalue weighted by molar-refractivity contribution is 9.10. The molecule has 0 saturated heterocycles. The molecule has 80 valence electrons. The van der Waals surface area contributed by atoms with Crippen LogP contribution in [0.1, 0.15) is 0 Å². The normalized spacial score (nSPS) is 10.8. The van der Waals surface area contributed by atoms with E-state index in [4.69, 9.17) is 0 Å². The standard InChI is InChI=1S/C9H11BrN4S/c1-15-5-3-12-8-9-13-6-7(10)14(9)4-2-11-8/h2,4,6H,3,5H2,1H3,(H,11,12). The van der Waals surface area contributed by atoms with E-state index < -0.39 is 0 Å². The Bertz CT molecular complexity index is 456. The summed E-state index contributed by atoms with van der Waals surface area (Å²) in [7, 11) is 0. The van der Waals surface area contributed by atoms with Crippen LogP contribution in [0.5, 0.6) is 0 Å². The number of rotatable bonds is 4. The van der Waals surface area contributed by atoms with Crippen molar-refractivity contribution < 1.29 is 0 Å². The monoisotopic (exact) mass is 286 g/mol. The molecule has 0 spiro atoms. The van der Waals surface area contributed by atoms with Crippen LogP contribution in [-0.4, -0.2) is 32.9 Å². The first kappa shape index (κ1) is 10.8. The van der Waals surface area contributed by atoms with E-state index in [-0.39, 0.29) is 0 Å². The van der Waals surface area contributed by atoms with Crippen molar-refractivity contribution in [2.75, 3.05) is 23.9 Å². The molecule has 0 unspecified atom stereocenters. The zero-order valence-electron chi connectivity index (χ0n) is 8.27. The summed E-state index contributed by atoms with van der Waals surface area (Å²) in [6.45, 7) is 0.901. The maximum atomic E-state index is 4.28. The summed E-state index contributed by atoms with van der Waals surface area (Å²) in [6.07, 6.45) is 7.51. The Morgan fingerprint density at radius 1 is 1.53 bits per heavy atom. The van der Waals surface area contributed by atoms with E-state index in [1.54, 1.807) is 24.2 Å². The van der Waals surface area contributed by atoms with Crippen LogP contribution < -0.4 is 5.32 Å². The fraction of sp³-hybridized carbons (Fsp3) is 0.333. The Hall–Kier alpha value is -0.750. The lowest BCUT2D eigenvalue weighted by molar-refractivity contribution is 1.08. The Labute approximate surface area is 101 Å². The molecule has 0 radical (unpaired) electrons. The van der Waals surface area contributed by atoms with Gasteiger partial charge in [0.25, 0.3) is 0 Å². The Morgan fingerprint density at radius 2 is 2.40 bits per heavy atom. The fourth-order valence-corrected chi connectivity index (χ4v) is 1.98. The number of anilines is 1. The molecule has 4 nitrogen and oxygen atoms in total. The van der Waals surface area contributed by atoms with Crippen molar-refractivity contribution in [3.8, 4) is 0 Å². The molecule has 0 amide bonds. The number of hydrogen-bond acceptors (Lipinski definition) is 4. The van der Waals surface area contributed by atoms with E-state index >= 15 is 0 Å². The van der Waals surface area contributed by atoms with Gasteiger partial charge in [-0.05, 0) is 22.2 Å². The molecule has 0 fully saturated rings. The number of aromatic nitrogens is 3. The number of thioether (sulfide) groups is 1. The van der Waals surface area contributed by atoms with Crippen LogP contribution in [0.15, 0.2) is 23.2 Å². The van der Waals surface area contributed by atoms with E-state index in [0.717, 1.165) is 28.4 Å². The molecule has 1 N–H and O–H groups in total. The second-order valence-corrected chi connectivity index (χ2v) is 4.77. The van der Waals surface area contributed by atoms with Crippen molar-refractivity contribution in [1.29, 1.82) is 0 Å². The number of halogens is 1. The fourth-order valence-electron chi connectivity index (χ4n) is 1.29. The topological polar surface area (TPSA) is 42.2 Å². The molecule has 0 atom stereocenters. The number of imidazole rings is 1. The van der Waals surface area contributed by atoms with Crippen LogP contribution in [-0.2, 0) is 0 Å². The maximum Gasteiger partial charge on any atom is 0.180 e. The van der Waals surface area contributed by atoms with Crippen LogP contribution >= 0.6 is 27.7 Å². The van der Waals surface area contributed by atoms with Crippen LogP contribution in [0.4, 0.5) is 5.82 Å². The summed E-state index contributed by atoms with van der Waals surface area (Å²) >= 11 is 5.23. The quantitative estimate of drug-likeness (QED) is 0.876. The van der Waals surface area contributed by atoms with Gasteiger partial charge in [-0.2, -0.15) is 11.8 Å². The minimum absolute atomic E-state index is 0.831. The van der Waals surface area contributed by atoms with Crippen molar-refractivity contribution in [2.45, 2.75) is 0 Å². The van der Waals surface area contributed by atoms with E-state index in [1.807, 2.05) is 10.6 Å². The second-order valence-electron chi connectivity index (χ2n) is 2.97. The first-order valence-corrected chi connectivity index (χ1v) is 6.72. The van der Waals surface area contributed by atoms with Gasteiger partial charge < -0.3 is 5.32 Å². The average Bonchev–Trinajstić information content (AvgIpc) is 2.62.